The van der Waals surface area contributed by atoms with Crippen molar-refractivity contribution in [3.8, 4) is 5.75 Å². The third-order valence-corrected chi connectivity index (χ3v) is 4.66. The van der Waals surface area contributed by atoms with E-state index in [4.69, 9.17) is 25.9 Å². The van der Waals surface area contributed by atoms with Gasteiger partial charge in [0.15, 0.2) is 0 Å². The summed E-state index contributed by atoms with van der Waals surface area (Å²) in [5.41, 5.74) is 0. The van der Waals surface area contributed by atoms with E-state index >= 15 is 0 Å². The number of thioether (sulfide) groups is 1. The summed E-state index contributed by atoms with van der Waals surface area (Å²) in [6.45, 7) is 0.292. The van der Waals surface area contributed by atoms with Gasteiger partial charge in [-0.1, -0.05) is 17.7 Å². The second kappa shape index (κ2) is 6.64. The number of ether oxygens (including phenoxy) is 1. The zero-order chi connectivity index (χ0) is 15.5. The molecule has 5 nitrogen and oxygen atoms in total. The van der Waals surface area contributed by atoms with Gasteiger partial charge in [-0.05, 0) is 30.3 Å². The Morgan fingerprint density at radius 3 is 3.05 bits per heavy atom. The molecular formula is C15H14ClNO4S. The van der Waals surface area contributed by atoms with Crippen molar-refractivity contribution < 1.29 is 19.1 Å². The molecular weight excluding hydrogens is 326 g/mol. The topological polar surface area (TPSA) is 71.7 Å². The molecule has 22 heavy (non-hydrogen) atoms. The van der Waals surface area contributed by atoms with Gasteiger partial charge in [-0.2, -0.15) is 0 Å². The van der Waals surface area contributed by atoms with Gasteiger partial charge < -0.3 is 14.3 Å². The summed E-state index contributed by atoms with van der Waals surface area (Å²) < 4.78 is 11.3. The standard InChI is InChI=1S/C15H14ClNO4S/c16-9-2-1-3-10(6-9)20-7-11-4-5-13(21-11)14-17-12(8-22-14)15(18)19/h1-6,12,14,17H,7-8H2,(H,18,19). The highest BCUT2D eigenvalue weighted by atomic mass is 35.5. The molecule has 3 rings (SSSR count). The maximum Gasteiger partial charge on any atom is 0.321 e. The van der Waals surface area contributed by atoms with Crippen LogP contribution >= 0.6 is 23.4 Å². The molecule has 1 fully saturated rings. The molecule has 0 amide bonds. The van der Waals surface area contributed by atoms with Gasteiger partial charge >= 0.3 is 5.97 Å². The summed E-state index contributed by atoms with van der Waals surface area (Å²) in [4.78, 5) is 10.9. The Bertz CT molecular complexity index is 675. The molecule has 1 aromatic carbocycles. The maximum absolute atomic E-state index is 10.9. The van der Waals surface area contributed by atoms with Crippen LogP contribution < -0.4 is 10.1 Å². The van der Waals surface area contributed by atoms with Crippen molar-refractivity contribution in [3.63, 3.8) is 0 Å². The summed E-state index contributed by atoms with van der Waals surface area (Å²) in [6.07, 6.45) is 0. The van der Waals surface area contributed by atoms with Crippen molar-refractivity contribution in [3.05, 3.63) is 52.9 Å². The molecule has 2 N–H and O–H groups in total. The number of carboxylic acids is 1. The molecule has 116 valence electrons. The normalized spacial score (nSPS) is 21.0. The van der Waals surface area contributed by atoms with Crippen LogP contribution in [0.1, 0.15) is 16.9 Å². The Morgan fingerprint density at radius 1 is 1.45 bits per heavy atom. The molecule has 1 aliphatic heterocycles. The fourth-order valence-electron chi connectivity index (χ4n) is 2.10. The van der Waals surface area contributed by atoms with Crippen LogP contribution in [0.2, 0.25) is 5.02 Å². The fourth-order valence-corrected chi connectivity index (χ4v) is 3.46. The fraction of sp³-hybridized carbons (Fsp3) is 0.267. The molecule has 2 heterocycles. The van der Waals surface area contributed by atoms with Crippen LogP contribution in [0.4, 0.5) is 0 Å². The van der Waals surface area contributed by atoms with Crippen molar-refractivity contribution in [2.24, 2.45) is 0 Å². The third kappa shape index (κ3) is 3.58. The molecule has 0 saturated carbocycles. The monoisotopic (exact) mass is 339 g/mol. The molecule has 7 heteroatoms. The van der Waals surface area contributed by atoms with Gasteiger partial charge in [0.25, 0.3) is 0 Å². The Hall–Kier alpha value is -1.63. The predicted octanol–water partition coefficient (Wildman–Crippen LogP) is 3.30. The number of hydrogen-bond donors (Lipinski definition) is 2. The molecule has 2 unspecified atom stereocenters. The molecule has 0 radical (unpaired) electrons. The van der Waals surface area contributed by atoms with Crippen LogP contribution in [0.5, 0.6) is 5.75 Å². The lowest BCUT2D eigenvalue weighted by Crippen LogP contribution is -2.33. The van der Waals surface area contributed by atoms with E-state index < -0.39 is 12.0 Å². The molecule has 1 aromatic heterocycles. The smallest absolute Gasteiger partial charge is 0.321 e. The first kappa shape index (κ1) is 15.3. The predicted molar refractivity (Wildman–Crippen MR) is 84.3 cm³/mol. The minimum absolute atomic E-state index is 0.138. The van der Waals surface area contributed by atoms with Gasteiger partial charge in [0.2, 0.25) is 0 Å². The van der Waals surface area contributed by atoms with Gasteiger partial charge in [0.05, 0.1) is 0 Å². The second-order valence-electron chi connectivity index (χ2n) is 4.82. The van der Waals surface area contributed by atoms with Crippen LogP contribution in [0.25, 0.3) is 0 Å². The first-order valence-corrected chi connectivity index (χ1v) is 8.12. The quantitative estimate of drug-likeness (QED) is 0.871. The van der Waals surface area contributed by atoms with Crippen LogP contribution in [0.3, 0.4) is 0 Å². The summed E-state index contributed by atoms with van der Waals surface area (Å²) in [7, 11) is 0. The lowest BCUT2D eigenvalue weighted by molar-refractivity contribution is -0.138. The van der Waals surface area contributed by atoms with E-state index in [1.165, 1.54) is 11.8 Å². The summed E-state index contributed by atoms with van der Waals surface area (Å²) in [6, 6.07) is 10.3. The van der Waals surface area contributed by atoms with Crippen LogP contribution in [0.15, 0.2) is 40.8 Å². The van der Waals surface area contributed by atoms with Crippen LogP contribution in [0, 0.1) is 0 Å². The molecule has 0 spiro atoms. The van der Waals surface area contributed by atoms with E-state index in [9.17, 15) is 4.79 Å². The number of halogens is 1. The van der Waals surface area contributed by atoms with Crippen LogP contribution in [-0.2, 0) is 11.4 Å². The largest absolute Gasteiger partial charge is 0.486 e. The van der Waals surface area contributed by atoms with Gasteiger partial charge in [-0.3, -0.25) is 10.1 Å². The number of carboxylic acid groups (broad SMARTS) is 1. The molecule has 0 bridgehead atoms. The van der Waals surface area contributed by atoms with Gasteiger partial charge in [0, 0.05) is 10.8 Å². The van der Waals surface area contributed by atoms with Crippen molar-refractivity contribution in [1.82, 2.24) is 5.32 Å². The van der Waals surface area contributed by atoms with E-state index in [2.05, 4.69) is 5.32 Å². The van der Waals surface area contributed by atoms with Crippen molar-refractivity contribution in [2.45, 2.75) is 18.0 Å². The van der Waals surface area contributed by atoms with Crippen molar-refractivity contribution >= 4 is 29.3 Å². The minimum Gasteiger partial charge on any atom is -0.486 e. The summed E-state index contributed by atoms with van der Waals surface area (Å²) >= 11 is 7.41. The Kier molecular flexibility index (Phi) is 4.61. The lowest BCUT2D eigenvalue weighted by atomic mass is 10.3. The highest BCUT2D eigenvalue weighted by Crippen LogP contribution is 2.34. The van der Waals surface area contributed by atoms with E-state index in [0.29, 0.717) is 34.7 Å². The van der Waals surface area contributed by atoms with E-state index in [0.717, 1.165) is 0 Å². The van der Waals surface area contributed by atoms with Gasteiger partial charge in [-0.15, -0.1) is 11.8 Å². The van der Waals surface area contributed by atoms with Crippen LogP contribution in [-0.4, -0.2) is 22.9 Å². The van der Waals surface area contributed by atoms with Gasteiger partial charge in [-0.25, -0.2) is 0 Å². The molecule has 0 aliphatic carbocycles. The summed E-state index contributed by atoms with van der Waals surface area (Å²) in [5, 5.41) is 12.5. The minimum atomic E-state index is -0.842. The zero-order valence-corrected chi connectivity index (χ0v) is 13.1. The first-order valence-electron chi connectivity index (χ1n) is 6.69. The van der Waals surface area contributed by atoms with Gasteiger partial charge in [0.1, 0.15) is 35.3 Å². The highest BCUT2D eigenvalue weighted by Gasteiger charge is 2.32. The molecule has 1 saturated heterocycles. The third-order valence-electron chi connectivity index (χ3n) is 3.20. The number of nitrogens with one attached hydrogen (secondary N) is 1. The molecule has 2 aromatic rings. The zero-order valence-electron chi connectivity index (χ0n) is 11.5. The van der Waals surface area contributed by atoms with E-state index in [1.807, 2.05) is 24.3 Å². The van der Waals surface area contributed by atoms with Crippen molar-refractivity contribution in [1.29, 1.82) is 0 Å². The van der Waals surface area contributed by atoms with Crippen molar-refractivity contribution in [2.75, 3.05) is 5.75 Å². The maximum atomic E-state index is 10.9. The number of hydrogen-bond acceptors (Lipinski definition) is 5. The average Bonchev–Trinajstić information content (AvgIpc) is 3.14. The SMILES string of the molecule is O=C(O)C1CSC(c2ccc(COc3cccc(Cl)c3)o2)N1. The summed E-state index contributed by atoms with van der Waals surface area (Å²) in [5.74, 6) is 1.74. The Morgan fingerprint density at radius 2 is 2.32 bits per heavy atom. The number of carbonyl (C=O) groups is 1. The number of benzene rings is 1. The number of furan rings is 1. The lowest BCUT2D eigenvalue weighted by Gasteiger charge is -2.08. The second-order valence-corrected chi connectivity index (χ2v) is 6.40. The number of rotatable bonds is 5. The Balaban J connectivity index is 1.59. The Labute approximate surface area is 136 Å². The number of aliphatic carboxylic acids is 1. The highest BCUT2D eigenvalue weighted by molar-refractivity contribution is 7.99. The first-order chi connectivity index (χ1) is 10.6. The van der Waals surface area contributed by atoms with E-state index in [-0.39, 0.29) is 5.37 Å². The molecule has 2 atom stereocenters. The van der Waals surface area contributed by atoms with E-state index in [1.54, 1.807) is 12.1 Å². The average molecular weight is 340 g/mol. The molecule has 1 aliphatic rings.